The molecule has 0 saturated carbocycles. The van der Waals surface area contributed by atoms with E-state index in [1.165, 1.54) is 7.11 Å². The molecule has 1 heterocycles. The second kappa shape index (κ2) is 14.1. The summed E-state index contributed by atoms with van der Waals surface area (Å²) in [6.07, 6.45) is 0.540. The van der Waals surface area contributed by atoms with E-state index in [1.807, 2.05) is 61.5 Å². The number of fused-ring (bicyclic) bond motifs is 1. The maximum absolute atomic E-state index is 14.0. The van der Waals surface area contributed by atoms with Gasteiger partial charge < -0.3 is 24.4 Å². The molecule has 1 aromatic heterocycles. The van der Waals surface area contributed by atoms with Crippen LogP contribution >= 0.6 is 0 Å². The number of benzene rings is 3. The van der Waals surface area contributed by atoms with E-state index in [1.54, 1.807) is 34.9 Å². The molecule has 0 aliphatic carbocycles. The second-order valence-electron chi connectivity index (χ2n) is 9.09. The fourth-order valence-electron chi connectivity index (χ4n) is 4.51. The summed E-state index contributed by atoms with van der Waals surface area (Å²) in [5.41, 5.74) is 2.91. The van der Waals surface area contributed by atoms with Crippen molar-refractivity contribution < 1.29 is 23.8 Å². The lowest BCUT2D eigenvalue weighted by molar-refractivity contribution is -0.141. The van der Waals surface area contributed by atoms with Crippen LogP contribution in [0.5, 0.6) is 11.5 Å². The number of hydrogen-bond acceptors (Lipinski definition) is 7. The van der Waals surface area contributed by atoms with Gasteiger partial charge >= 0.3 is 0 Å². The fourth-order valence-corrected chi connectivity index (χ4v) is 4.51. The molecular formula is C30H35N5O5. The molecule has 1 atom stereocenters. The zero-order valence-electron chi connectivity index (χ0n) is 23.1. The Morgan fingerprint density at radius 1 is 1.00 bits per heavy atom. The van der Waals surface area contributed by atoms with Crippen molar-refractivity contribution in [3.63, 3.8) is 0 Å². The van der Waals surface area contributed by atoms with Crippen LogP contribution < -0.4 is 14.8 Å². The highest BCUT2D eigenvalue weighted by Crippen LogP contribution is 2.33. The Morgan fingerprint density at radius 2 is 1.77 bits per heavy atom. The molecule has 10 nitrogen and oxygen atoms in total. The van der Waals surface area contributed by atoms with Crippen molar-refractivity contribution >= 4 is 22.8 Å². The van der Waals surface area contributed by atoms with Gasteiger partial charge in [0.1, 0.15) is 29.6 Å². The highest BCUT2D eigenvalue weighted by atomic mass is 16.5. The summed E-state index contributed by atoms with van der Waals surface area (Å²) in [7, 11) is 3.09. The number of nitrogens with zero attached hydrogens (tertiary/aromatic N) is 4. The first-order valence-corrected chi connectivity index (χ1v) is 13.2. The first-order chi connectivity index (χ1) is 19.5. The molecule has 0 fully saturated rings. The van der Waals surface area contributed by atoms with Crippen molar-refractivity contribution in [2.24, 2.45) is 0 Å². The summed E-state index contributed by atoms with van der Waals surface area (Å²) >= 11 is 0. The zero-order chi connectivity index (χ0) is 28.3. The van der Waals surface area contributed by atoms with Gasteiger partial charge in [-0.15, -0.1) is 5.10 Å². The topological polar surface area (TPSA) is 108 Å². The molecule has 2 amide bonds. The summed E-state index contributed by atoms with van der Waals surface area (Å²) < 4.78 is 18.1. The van der Waals surface area contributed by atoms with Crippen molar-refractivity contribution in [1.29, 1.82) is 0 Å². The quantitative estimate of drug-likeness (QED) is 0.240. The highest BCUT2D eigenvalue weighted by molar-refractivity contribution is 5.90. The first-order valence-electron chi connectivity index (χ1n) is 13.2. The van der Waals surface area contributed by atoms with Gasteiger partial charge in [0.05, 0.1) is 19.7 Å². The Labute approximate surface area is 233 Å². The van der Waals surface area contributed by atoms with Crippen LogP contribution in [-0.2, 0) is 27.4 Å². The molecule has 0 aliphatic rings. The Balaban J connectivity index is 1.71. The standard InChI is InChI=1S/C30H35N5O5/c1-4-40-18-10-17-34(28(36)21-35-26-14-9-8-13-25(26)32-33-35)29(24-16-15-23(38-2)19-27(24)39-3)30(37)31-20-22-11-6-5-7-12-22/h5-9,11-16,19,29H,4,10,17-18,20-21H2,1-3H3,(H,31,37)/t29-/m0/s1. The van der Waals surface area contributed by atoms with Gasteiger partial charge in [0.15, 0.2) is 0 Å². The van der Waals surface area contributed by atoms with E-state index in [9.17, 15) is 9.59 Å². The Kier molecular flexibility index (Phi) is 10.1. The minimum absolute atomic E-state index is 0.0872. The zero-order valence-corrected chi connectivity index (χ0v) is 23.1. The summed E-state index contributed by atoms with van der Waals surface area (Å²) in [5.74, 6) is 0.394. The van der Waals surface area contributed by atoms with E-state index in [0.29, 0.717) is 48.8 Å². The lowest BCUT2D eigenvalue weighted by atomic mass is 10.0. The number of amides is 2. The number of para-hydroxylation sites is 1. The van der Waals surface area contributed by atoms with Crippen LogP contribution in [0.15, 0.2) is 72.8 Å². The minimum Gasteiger partial charge on any atom is -0.497 e. The Hall–Kier alpha value is -4.44. The maximum Gasteiger partial charge on any atom is 0.247 e. The number of hydrogen-bond donors (Lipinski definition) is 1. The van der Waals surface area contributed by atoms with Gasteiger partial charge in [-0.05, 0) is 43.2 Å². The summed E-state index contributed by atoms with van der Waals surface area (Å²) in [4.78, 5) is 29.5. The molecule has 0 bridgehead atoms. The number of rotatable bonds is 14. The molecule has 4 aromatic rings. The molecule has 0 saturated heterocycles. The second-order valence-corrected chi connectivity index (χ2v) is 9.09. The average molecular weight is 546 g/mol. The van der Waals surface area contributed by atoms with Crippen molar-refractivity contribution in [3.05, 3.63) is 83.9 Å². The average Bonchev–Trinajstić information content (AvgIpc) is 3.40. The highest BCUT2D eigenvalue weighted by Gasteiger charge is 2.34. The van der Waals surface area contributed by atoms with E-state index < -0.39 is 6.04 Å². The summed E-state index contributed by atoms with van der Waals surface area (Å²) in [5, 5.41) is 11.4. The number of aromatic nitrogens is 3. The van der Waals surface area contributed by atoms with Crippen LogP contribution in [0.2, 0.25) is 0 Å². The van der Waals surface area contributed by atoms with Crippen LogP contribution in [0, 0.1) is 0 Å². The van der Waals surface area contributed by atoms with E-state index in [2.05, 4.69) is 15.6 Å². The van der Waals surface area contributed by atoms with E-state index in [-0.39, 0.29) is 24.9 Å². The van der Waals surface area contributed by atoms with Crippen LogP contribution in [0.25, 0.3) is 11.0 Å². The van der Waals surface area contributed by atoms with Crippen molar-refractivity contribution in [2.45, 2.75) is 32.5 Å². The molecule has 3 aromatic carbocycles. The molecule has 1 N–H and O–H groups in total. The minimum atomic E-state index is -0.978. The molecule has 4 rings (SSSR count). The summed E-state index contributed by atoms with van der Waals surface area (Å²) in [6, 6.07) is 21.3. The summed E-state index contributed by atoms with van der Waals surface area (Å²) in [6.45, 7) is 3.43. The molecule has 210 valence electrons. The molecular weight excluding hydrogens is 510 g/mol. The van der Waals surface area contributed by atoms with Crippen LogP contribution in [0.4, 0.5) is 0 Å². The van der Waals surface area contributed by atoms with Gasteiger partial charge in [0.2, 0.25) is 11.8 Å². The number of carbonyl (C=O) groups excluding carboxylic acids is 2. The number of carbonyl (C=O) groups is 2. The van der Waals surface area contributed by atoms with Crippen LogP contribution in [0.1, 0.15) is 30.5 Å². The third kappa shape index (κ3) is 6.95. The Bertz CT molecular complexity index is 1410. The number of nitrogens with one attached hydrogen (secondary N) is 1. The lowest BCUT2D eigenvalue weighted by Gasteiger charge is -2.32. The number of methoxy groups -OCH3 is 2. The predicted molar refractivity (Wildman–Crippen MR) is 151 cm³/mol. The SMILES string of the molecule is CCOCCCN(C(=O)Cn1nnc2ccccc21)[C@H](C(=O)NCc1ccccc1)c1ccc(OC)cc1OC. The Morgan fingerprint density at radius 3 is 2.52 bits per heavy atom. The number of ether oxygens (including phenoxy) is 3. The smallest absolute Gasteiger partial charge is 0.247 e. The normalized spacial score (nSPS) is 11.7. The molecule has 0 radical (unpaired) electrons. The largest absolute Gasteiger partial charge is 0.497 e. The third-order valence-corrected chi connectivity index (χ3v) is 6.52. The molecule has 40 heavy (non-hydrogen) atoms. The van der Waals surface area contributed by atoms with Gasteiger partial charge in [-0.3, -0.25) is 9.59 Å². The van der Waals surface area contributed by atoms with E-state index >= 15 is 0 Å². The van der Waals surface area contributed by atoms with Crippen LogP contribution in [-0.4, -0.2) is 65.7 Å². The van der Waals surface area contributed by atoms with Gasteiger partial charge in [-0.2, -0.15) is 0 Å². The van der Waals surface area contributed by atoms with Crippen molar-refractivity contribution in [3.8, 4) is 11.5 Å². The van der Waals surface area contributed by atoms with Gasteiger partial charge in [-0.1, -0.05) is 47.7 Å². The maximum atomic E-state index is 14.0. The van der Waals surface area contributed by atoms with E-state index in [0.717, 1.165) is 11.1 Å². The van der Waals surface area contributed by atoms with Gasteiger partial charge in [0, 0.05) is 37.9 Å². The molecule has 0 unspecified atom stereocenters. The molecule has 0 aliphatic heterocycles. The van der Waals surface area contributed by atoms with Gasteiger partial charge in [0.25, 0.3) is 0 Å². The monoisotopic (exact) mass is 545 g/mol. The van der Waals surface area contributed by atoms with Crippen molar-refractivity contribution in [2.75, 3.05) is 34.0 Å². The predicted octanol–water partition coefficient (Wildman–Crippen LogP) is 3.76. The first kappa shape index (κ1) is 28.6. The molecule has 0 spiro atoms. The third-order valence-electron chi connectivity index (χ3n) is 6.52. The van der Waals surface area contributed by atoms with Crippen molar-refractivity contribution in [1.82, 2.24) is 25.2 Å². The van der Waals surface area contributed by atoms with Gasteiger partial charge in [-0.25, -0.2) is 4.68 Å². The van der Waals surface area contributed by atoms with Crippen LogP contribution in [0.3, 0.4) is 0 Å². The molecule has 10 heteroatoms. The van der Waals surface area contributed by atoms with E-state index in [4.69, 9.17) is 14.2 Å². The fraction of sp³-hybridized carbons (Fsp3) is 0.333. The lowest BCUT2D eigenvalue weighted by Crippen LogP contribution is -2.45.